The maximum absolute atomic E-state index is 8.61. The molecule has 0 saturated heterocycles. The van der Waals surface area contributed by atoms with Gasteiger partial charge in [-0.3, -0.25) is 0 Å². The molecule has 2 rings (SSSR count). The van der Waals surface area contributed by atoms with E-state index in [1.54, 1.807) is 7.11 Å². The standard InChI is InChI=1S/C15H14N2O/c1-18-15-10-6-13(7-11-15)3-2-12-4-8-14(17-16)9-5-12/h2-8,10-11H,9H2,1H3. The van der Waals surface area contributed by atoms with Gasteiger partial charge < -0.3 is 10.3 Å². The van der Waals surface area contributed by atoms with Crippen molar-refractivity contribution in [1.82, 2.24) is 0 Å². The van der Waals surface area contributed by atoms with Crippen LogP contribution in [0.15, 0.2) is 54.1 Å². The maximum atomic E-state index is 8.61. The van der Waals surface area contributed by atoms with E-state index >= 15 is 0 Å². The van der Waals surface area contributed by atoms with Crippen LogP contribution >= 0.6 is 0 Å². The lowest BCUT2D eigenvalue weighted by Crippen LogP contribution is -1.97. The van der Waals surface area contributed by atoms with Crippen LogP contribution < -0.4 is 4.74 Å². The minimum atomic E-state index is 0.662. The summed E-state index contributed by atoms with van der Waals surface area (Å²) in [6.07, 6.45) is 10.5. The molecular formula is C15H14N2O. The summed E-state index contributed by atoms with van der Waals surface area (Å²) >= 11 is 0. The molecule has 0 heterocycles. The Labute approximate surface area is 106 Å². The van der Waals surface area contributed by atoms with Gasteiger partial charge in [-0.05, 0) is 29.3 Å². The Morgan fingerprint density at radius 3 is 2.50 bits per heavy atom. The zero-order chi connectivity index (χ0) is 12.8. The first-order valence-electron chi connectivity index (χ1n) is 5.73. The number of nitrogens with zero attached hydrogens (tertiary/aromatic N) is 2. The van der Waals surface area contributed by atoms with Gasteiger partial charge in [0.05, 0.1) is 13.5 Å². The van der Waals surface area contributed by atoms with Gasteiger partial charge in [-0.1, -0.05) is 30.4 Å². The lowest BCUT2D eigenvalue weighted by Gasteiger charge is -2.00. The van der Waals surface area contributed by atoms with E-state index in [1.807, 2.05) is 54.6 Å². The number of hydrogen-bond acceptors (Lipinski definition) is 1. The molecule has 0 atom stereocenters. The van der Waals surface area contributed by atoms with Crippen molar-refractivity contribution >= 4 is 11.8 Å². The summed E-state index contributed by atoms with van der Waals surface area (Å²) < 4.78 is 5.10. The van der Waals surface area contributed by atoms with Crippen LogP contribution in [0, 0.1) is 0 Å². The molecule has 0 fully saturated rings. The second-order valence-electron chi connectivity index (χ2n) is 3.94. The highest BCUT2D eigenvalue weighted by Crippen LogP contribution is 2.14. The molecule has 0 saturated carbocycles. The van der Waals surface area contributed by atoms with E-state index in [2.05, 4.69) is 4.79 Å². The van der Waals surface area contributed by atoms with Crippen LogP contribution in [-0.4, -0.2) is 17.6 Å². The molecule has 0 N–H and O–H groups in total. The van der Waals surface area contributed by atoms with E-state index in [1.165, 1.54) is 0 Å². The number of rotatable bonds is 3. The van der Waals surface area contributed by atoms with Gasteiger partial charge in [0.25, 0.3) is 5.71 Å². The van der Waals surface area contributed by atoms with Gasteiger partial charge in [-0.2, -0.15) is 4.79 Å². The molecule has 1 aromatic carbocycles. The molecule has 0 spiro atoms. The molecule has 1 aliphatic rings. The van der Waals surface area contributed by atoms with Crippen molar-refractivity contribution in [2.45, 2.75) is 6.42 Å². The normalized spacial score (nSPS) is 14.5. The Hall–Kier alpha value is -2.38. The predicted molar refractivity (Wildman–Crippen MR) is 72.5 cm³/mol. The summed E-state index contributed by atoms with van der Waals surface area (Å²) in [7, 11) is 1.66. The molecule has 0 bridgehead atoms. The Morgan fingerprint density at radius 2 is 1.94 bits per heavy atom. The third kappa shape index (κ3) is 3.06. The van der Waals surface area contributed by atoms with Crippen LogP contribution in [0.25, 0.3) is 11.6 Å². The van der Waals surface area contributed by atoms with E-state index in [9.17, 15) is 0 Å². The minimum absolute atomic E-state index is 0.662. The molecule has 1 aromatic rings. The molecule has 0 aliphatic heterocycles. The quantitative estimate of drug-likeness (QED) is 0.588. The van der Waals surface area contributed by atoms with Crippen molar-refractivity contribution in [2.24, 2.45) is 0 Å². The zero-order valence-electron chi connectivity index (χ0n) is 10.2. The second kappa shape index (κ2) is 5.80. The van der Waals surface area contributed by atoms with Crippen LogP contribution in [0.5, 0.6) is 5.75 Å². The third-order valence-electron chi connectivity index (χ3n) is 2.73. The van der Waals surface area contributed by atoms with E-state index in [0.29, 0.717) is 12.1 Å². The average molecular weight is 238 g/mol. The summed E-state index contributed by atoms with van der Waals surface area (Å²) in [5, 5.41) is 0. The van der Waals surface area contributed by atoms with Crippen molar-refractivity contribution in [3.63, 3.8) is 0 Å². The molecule has 18 heavy (non-hydrogen) atoms. The van der Waals surface area contributed by atoms with Crippen LogP contribution in [0.3, 0.4) is 0 Å². The Morgan fingerprint density at radius 1 is 1.17 bits per heavy atom. The first kappa shape index (κ1) is 12.1. The largest absolute Gasteiger partial charge is 0.497 e. The molecule has 3 heteroatoms. The fraction of sp³-hybridized carbons (Fsp3) is 0.133. The van der Waals surface area contributed by atoms with Crippen molar-refractivity contribution in [2.75, 3.05) is 7.11 Å². The Bertz CT molecular complexity index is 559. The van der Waals surface area contributed by atoms with Crippen LogP contribution in [0.2, 0.25) is 0 Å². The molecule has 0 radical (unpaired) electrons. The summed E-state index contributed by atoms with van der Waals surface area (Å²) in [5.41, 5.74) is 11.5. The fourth-order valence-corrected chi connectivity index (χ4v) is 1.66. The van der Waals surface area contributed by atoms with Gasteiger partial charge in [0.15, 0.2) is 0 Å². The summed E-state index contributed by atoms with van der Waals surface area (Å²) in [5.74, 6) is 0.854. The van der Waals surface area contributed by atoms with Gasteiger partial charge in [0.2, 0.25) is 0 Å². The molecule has 3 nitrogen and oxygen atoms in total. The first-order valence-corrected chi connectivity index (χ1v) is 5.73. The molecular weight excluding hydrogens is 224 g/mol. The van der Waals surface area contributed by atoms with Crippen molar-refractivity contribution in [3.8, 4) is 5.75 Å². The molecule has 1 aliphatic carbocycles. The van der Waals surface area contributed by atoms with E-state index < -0.39 is 0 Å². The lowest BCUT2D eigenvalue weighted by molar-refractivity contribution is -0.00539. The smallest absolute Gasteiger partial charge is 0.295 e. The van der Waals surface area contributed by atoms with E-state index in [4.69, 9.17) is 10.3 Å². The number of benzene rings is 1. The van der Waals surface area contributed by atoms with Gasteiger partial charge in [0.1, 0.15) is 5.75 Å². The topological polar surface area (TPSA) is 45.6 Å². The molecule has 0 aromatic heterocycles. The van der Waals surface area contributed by atoms with Gasteiger partial charge in [-0.15, -0.1) is 0 Å². The number of allylic oxidation sites excluding steroid dienone is 5. The minimum Gasteiger partial charge on any atom is -0.497 e. The van der Waals surface area contributed by atoms with Crippen LogP contribution in [-0.2, 0) is 0 Å². The lowest BCUT2D eigenvalue weighted by atomic mass is 10.0. The first-order chi connectivity index (χ1) is 8.81. The Kier molecular flexibility index (Phi) is 3.90. The van der Waals surface area contributed by atoms with Gasteiger partial charge in [-0.25, -0.2) is 0 Å². The highest BCUT2D eigenvalue weighted by molar-refractivity contribution is 5.93. The van der Waals surface area contributed by atoms with Gasteiger partial charge >= 0.3 is 0 Å². The third-order valence-corrected chi connectivity index (χ3v) is 2.73. The number of ether oxygens (including phenoxy) is 1. The van der Waals surface area contributed by atoms with E-state index in [0.717, 1.165) is 16.9 Å². The van der Waals surface area contributed by atoms with Crippen molar-refractivity contribution in [3.05, 3.63) is 65.2 Å². The van der Waals surface area contributed by atoms with Crippen LogP contribution in [0.4, 0.5) is 0 Å². The second-order valence-corrected chi connectivity index (χ2v) is 3.94. The van der Waals surface area contributed by atoms with Gasteiger partial charge in [0, 0.05) is 6.08 Å². The zero-order valence-corrected chi connectivity index (χ0v) is 10.2. The van der Waals surface area contributed by atoms with Crippen LogP contribution in [0.1, 0.15) is 12.0 Å². The summed E-state index contributed by atoms with van der Waals surface area (Å²) in [6, 6.07) is 7.87. The molecule has 0 amide bonds. The number of hydrogen-bond donors (Lipinski definition) is 0. The van der Waals surface area contributed by atoms with E-state index in [-0.39, 0.29) is 0 Å². The molecule has 0 unspecified atom stereocenters. The summed E-state index contributed by atoms with van der Waals surface area (Å²) in [6.45, 7) is 0. The highest BCUT2D eigenvalue weighted by atomic mass is 16.5. The highest BCUT2D eigenvalue weighted by Gasteiger charge is 2.05. The average Bonchev–Trinajstić information content (AvgIpc) is 2.46. The Balaban J connectivity index is 2.05. The van der Waals surface area contributed by atoms with Crippen molar-refractivity contribution in [1.29, 1.82) is 0 Å². The SMILES string of the molecule is COc1ccc(C=CC2=CCC(=[N+]=[N-])C=C2)cc1. The predicted octanol–water partition coefficient (Wildman–Crippen LogP) is 3.27. The molecule has 90 valence electrons. The maximum Gasteiger partial charge on any atom is 0.295 e. The fourth-order valence-electron chi connectivity index (χ4n) is 1.66. The monoisotopic (exact) mass is 238 g/mol. The van der Waals surface area contributed by atoms with Crippen molar-refractivity contribution < 1.29 is 9.53 Å². The number of methoxy groups -OCH3 is 1. The summed E-state index contributed by atoms with van der Waals surface area (Å²) in [4.78, 5) is 3.17.